The van der Waals surface area contributed by atoms with E-state index in [9.17, 15) is 4.79 Å². The molecule has 0 bridgehead atoms. The molecule has 1 aliphatic rings. The molecule has 0 aromatic heterocycles. The van der Waals surface area contributed by atoms with Crippen molar-refractivity contribution in [2.24, 2.45) is 4.99 Å². The summed E-state index contributed by atoms with van der Waals surface area (Å²) in [5.41, 5.74) is 2.11. The normalized spacial score (nSPS) is 13.8. The SMILES string of the molecule is CN=C(NCCCNC(=O)OC(C)(C)C)N1CCc2ccccc21.I. The van der Waals surface area contributed by atoms with Gasteiger partial charge < -0.3 is 20.3 Å². The van der Waals surface area contributed by atoms with Crippen LogP contribution in [0.15, 0.2) is 29.3 Å². The third-order valence-electron chi connectivity index (χ3n) is 3.66. The third-order valence-corrected chi connectivity index (χ3v) is 3.66. The molecule has 0 saturated carbocycles. The van der Waals surface area contributed by atoms with Crippen LogP contribution in [0, 0.1) is 0 Å². The average molecular weight is 460 g/mol. The lowest BCUT2D eigenvalue weighted by atomic mass is 10.2. The lowest BCUT2D eigenvalue weighted by Crippen LogP contribution is -2.41. The number of hydrogen-bond donors (Lipinski definition) is 2. The van der Waals surface area contributed by atoms with Crippen LogP contribution in [0.25, 0.3) is 0 Å². The van der Waals surface area contributed by atoms with Crippen LogP contribution in [-0.2, 0) is 11.2 Å². The molecule has 1 aliphatic heterocycles. The second-order valence-corrected chi connectivity index (χ2v) is 6.79. The van der Waals surface area contributed by atoms with Crippen LogP contribution in [0.2, 0.25) is 0 Å². The summed E-state index contributed by atoms with van der Waals surface area (Å²) in [5, 5.41) is 6.12. The van der Waals surface area contributed by atoms with Crippen LogP contribution in [-0.4, -0.2) is 44.3 Å². The van der Waals surface area contributed by atoms with Crippen molar-refractivity contribution >= 4 is 41.7 Å². The minimum Gasteiger partial charge on any atom is -0.444 e. The number of guanidine groups is 1. The molecule has 2 N–H and O–H groups in total. The van der Waals surface area contributed by atoms with Crippen molar-refractivity contribution in [3.8, 4) is 0 Å². The summed E-state index contributed by atoms with van der Waals surface area (Å²) in [4.78, 5) is 18.1. The van der Waals surface area contributed by atoms with Gasteiger partial charge in [0.05, 0.1) is 0 Å². The van der Waals surface area contributed by atoms with Crippen LogP contribution in [0.1, 0.15) is 32.8 Å². The van der Waals surface area contributed by atoms with Gasteiger partial charge in [-0.3, -0.25) is 4.99 Å². The van der Waals surface area contributed by atoms with E-state index in [0.717, 1.165) is 31.9 Å². The van der Waals surface area contributed by atoms with Gasteiger partial charge in [-0.2, -0.15) is 0 Å². The smallest absolute Gasteiger partial charge is 0.407 e. The van der Waals surface area contributed by atoms with E-state index < -0.39 is 5.60 Å². The molecule has 7 heteroatoms. The van der Waals surface area contributed by atoms with E-state index >= 15 is 0 Å². The van der Waals surface area contributed by atoms with Crippen molar-refractivity contribution in [1.82, 2.24) is 10.6 Å². The van der Waals surface area contributed by atoms with Gasteiger partial charge in [0.15, 0.2) is 5.96 Å². The van der Waals surface area contributed by atoms with E-state index in [-0.39, 0.29) is 30.1 Å². The molecule has 0 aliphatic carbocycles. The van der Waals surface area contributed by atoms with Crippen LogP contribution >= 0.6 is 24.0 Å². The Hall–Kier alpha value is -1.51. The number of aliphatic imine (C=N–C) groups is 1. The fourth-order valence-corrected chi connectivity index (χ4v) is 2.65. The highest BCUT2D eigenvalue weighted by Crippen LogP contribution is 2.27. The second-order valence-electron chi connectivity index (χ2n) is 6.79. The fourth-order valence-electron chi connectivity index (χ4n) is 2.65. The van der Waals surface area contributed by atoms with E-state index in [1.807, 2.05) is 20.8 Å². The highest BCUT2D eigenvalue weighted by molar-refractivity contribution is 14.0. The van der Waals surface area contributed by atoms with Gasteiger partial charge in [-0.1, -0.05) is 18.2 Å². The number of carbonyl (C=O) groups is 1. The number of alkyl carbamates (subject to hydrolysis) is 1. The maximum atomic E-state index is 11.6. The second kappa shape index (κ2) is 9.84. The van der Waals surface area contributed by atoms with Crippen molar-refractivity contribution in [2.75, 3.05) is 31.6 Å². The van der Waals surface area contributed by atoms with E-state index in [4.69, 9.17) is 4.74 Å². The predicted molar refractivity (Wildman–Crippen MR) is 113 cm³/mol. The molecular formula is C18H29IN4O2. The first-order valence-electron chi connectivity index (χ1n) is 8.43. The first kappa shape index (κ1) is 21.5. The van der Waals surface area contributed by atoms with Gasteiger partial charge in [0.2, 0.25) is 0 Å². The van der Waals surface area contributed by atoms with Crippen molar-refractivity contribution in [1.29, 1.82) is 0 Å². The number of rotatable bonds is 4. The number of nitrogens with zero attached hydrogens (tertiary/aromatic N) is 2. The summed E-state index contributed by atoms with van der Waals surface area (Å²) >= 11 is 0. The minimum atomic E-state index is -0.465. The monoisotopic (exact) mass is 460 g/mol. The largest absolute Gasteiger partial charge is 0.444 e. The maximum Gasteiger partial charge on any atom is 0.407 e. The molecular weight excluding hydrogens is 431 g/mol. The number of ether oxygens (including phenoxy) is 1. The molecule has 1 amide bonds. The molecule has 0 unspecified atom stereocenters. The number of carbonyl (C=O) groups excluding carboxylic acids is 1. The quantitative estimate of drug-likeness (QED) is 0.314. The molecule has 1 aromatic rings. The number of anilines is 1. The number of nitrogens with one attached hydrogen (secondary N) is 2. The van der Waals surface area contributed by atoms with Gasteiger partial charge in [-0.05, 0) is 45.2 Å². The standard InChI is InChI=1S/C18H28N4O2.HI/c1-18(2,3)24-17(23)21-12-7-11-20-16(19-4)22-13-10-14-8-5-6-9-15(14)22;/h5-6,8-9H,7,10-13H2,1-4H3,(H,19,20)(H,21,23);1H. The van der Waals surface area contributed by atoms with E-state index in [1.165, 1.54) is 11.3 Å². The Morgan fingerprint density at radius 3 is 2.60 bits per heavy atom. The van der Waals surface area contributed by atoms with Gasteiger partial charge in [-0.15, -0.1) is 24.0 Å². The molecule has 1 aromatic carbocycles. The number of halogens is 1. The topological polar surface area (TPSA) is 66.0 Å². The lowest BCUT2D eigenvalue weighted by Gasteiger charge is -2.22. The zero-order valence-corrected chi connectivity index (χ0v) is 17.8. The van der Waals surface area contributed by atoms with Crippen LogP contribution in [0.3, 0.4) is 0 Å². The van der Waals surface area contributed by atoms with Gasteiger partial charge in [0.1, 0.15) is 5.60 Å². The number of hydrogen-bond acceptors (Lipinski definition) is 3. The molecule has 0 radical (unpaired) electrons. The molecule has 6 nitrogen and oxygen atoms in total. The van der Waals surface area contributed by atoms with Crippen LogP contribution in [0.5, 0.6) is 0 Å². The summed E-state index contributed by atoms with van der Waals surface area (Å²) in [6.45, 7) is 7.80. The molecule has 0 fully saturated rings. The van der Waals surface area contributed by atoms with E-state index in [2.05, 4.69) is 44.8 Å². The summed E-state index contributed by atoms with van der Waals surface area (Å²) in [6.07, 6.45) is 1.46. The molecule has 2 rings (SSSR count). The number of amides is 1. The fraction of sp³-hybridized carbons (Fsp3) is 0.556. The van der Waals surface area contributed by atoms with Crippen molar-refractivity contribution in [2.45, 2.75) is 39.2 Å². The summed E-state index contributed by atoms with van der Waals surface area (Å²) in [7, 11) is 1.79. The van der Waals surface area contributed by atoms with Crippen LogP contribution < -0.4 is 15.5 Å². The van der Waals surface area contributed by atoms with E-state index in [0.29, 0.717) is 6.54 Å². The number of benzene rings is 1. The number of para-hydroxylation sites is 1. The Bertz CT molecular complexity index is 599. The van der Waals surface area contributed by atoms with Crippen molar-refractivity contribution in [3.05, 3.63) is 29.8 Å². The highest BCUT2D eigenvalue weighted by atomic mass is 127. The molecule has 140 valence electrons. The Kier molecular flexibility index (Phi) is 8.47. The van der Waals surface area contributed by atoms with Gasteiger partial charge in [0.25, 0.3) is 0 Å². The zero-order chi connectivity index (χ0) is 17.6. The maximum absolute atomic E-state index is 11.6. The lowest BCUT2D eigenvalue weighted by molar-refractivity contribution is 0.0527. The first-order chi connectivity index (χ1) is 11.4. The molecule has 0 spiro atoms. The van der Waals surface area contributed by atoms with E-state index in [1.54, 1.807) is 7.05 Å². The Labute approximate surface area is 167 Å². The summed E-state index contributed by atoms with van der Waals surface area (Å²) < 4.78 is 5.20. The molecule has 0 saturated heterocycles. The molecule has 25 heavy (non-hydrogen) atoms. The third kappa shape index (κ3) is 6.72. The average Bonchev–Trinajstić information content (AvgIpc) is 2.93. The van der Waals surface area contributed by atoms with Crippen LogP contribution in [0.4, 0.5) is 10.5 Å². The highest BCUT2D eigenvalue weighted by Gasteiger charge is 2.22. The molecule has 0 atom stereocenters. The van der Waals surface area contributed by atoms with Crippen molar-refractivity contribution < 1.29 is 9.53 Å². The minimum absolute atomic E-state index is 0. The van der Waals surface area contributed by atoms with Gasteiger partial charge in [0, 0.05) is 32.4 Å². The predicted octanol–water partition coefficient (Wildman–Crippen LogP) is 3.16. The Balaban J connectivity index is 0.00000312. The summed E-state index contributed by atoms with van der Waals surface area (Å²) in [6, 6.07) is 8.41. The zero-order valence-electron chi connectivity index (χ0n) is 15.5. The van der Waals surface area contributed by atoms with Gasteiger partial charge >= 0.3 is 6.09 Å². The summed E-state index contributed by atoms with van der Waals surface area (Å²) in [5.74, 6) is 0.872. The first-order valence-corrected chi connectivity index (χ1v) is 8.43. The van der Waals surface area contributed by atoms with Crippen molar-refractivity contribution in [3.63, 3.8) is 0 Å². The Morgan fingerprint density at radius 2 is 1.92 bits per heavy atom. The Morgan fingerprint density at radius 1 is 1.24 bits per heavy atom. The van der Waals surface area contributed by atoms with Gasteiger partial charge in [-0.25, -0.2) is 4.79 Å². The number of fused-ring (bicyclic) bond motifs is 1. The molecule has 1 heterocycles.